The van der Waals surface area contributed by atoms with Gasteiger partial charge >= 0.3 is 0 Å². The van der Waals surface area contributed by atoms with Gasteiger partial charge in [-0.1, -0.05) is 18.5 Å². The van der Waals surface area contributed by atoms with E-state index in [4.69, 9.17) is 4.52 Å². The Balaban J connectivity index is 1.99. The topological polar surface area (TPSA) is 64.2 Å². The molecule has 2 aromatic heterocycles. The Morgan fingerprint density at radius 3 is 2.91 bits per heavy atom. The Kier molecular flexibility index (Phi) is 4.00. The van der Waals surface area contributed by atoms with Crippen molar-refractivity contribution in [3.63, 3.8) is 0 Å². The SMILES string of the molecule is CCCC1c2nccn2CCCN1C(=O)c1c(C)noc1C. The molecule has 22 heavy (non-hydrogen) atoms. The number of carbonyl (C=O) groups excluding carboxylic acids is 1. The average Bonchev–Trinajstić information content (AvgIpc) is 3.04. The number of rotatable bonds is 3. The highest BCUT2D eigenvalue weighted by molar-refractivity contribution is 5.96. The van der Waals surface area contributed by atoms with Crippen molar-refractivity contribution in [1.82, 2.24) is 19.6 Å². The van der Waals surface area contributed by atoms with Gasteiger partial charge in [-0.2, -0.15) is 0 Å². The summed E-state index contributed by atoms with van der Waals surface area (Å²) in [7, 11) is 0. The minimum absolute atomic E-state index is 0.00569. The van der Waals surface area contributed by atoms with Gasteiger partial charge in [0.2, 0.25) is 0 Å². The predicted octanol–water partition coefficient (Wildman–Crippen LogP) is 2.88. The Hall–Kier alpha value is -2.11. The van der Waals surface area contributed by atoms with Crippen LogP contribution in [0, 0.1) is 13.8 Å². The third-order valence-corrected chi connectivity index (χ3v) is 4.29. The van der Waals surface area contributed by atoms with E-state index in [2.05, 4.69) is 21.6 Å². The number of hydrogen-bond donors (Lipinski definition) is 0. The second-order valence-electron chi connectivity index (χ2n) is 5.83. The van der Waals surface area contributed by atoms with Crippen LogP contribution in [0.25, 0.3) is 0 Å². The number of aryl methyl sites for hydroxylation is 3. The molecule has 1 unspecified atom stereocenters. The highest BCUT2D eigenvalue weighted by atomic mass is 16.5. The van der Waals surface area contributed by atoms with E-state index in [9.17, 15) is 4.79 Å². The van der Waals surface area contributed by atoms with Crippen molar-refractivity contribution >= 4 is 5.91 Å². The van der Waals surface area contributed by atoms with Crippen molar-refractivity contribution in [3.05, 3.63) is 35.2 Å². The fourth-order valence-corrected chi connectivity index (χ4v) is 3.25. The lowest BCUT2D eigenvalue weighted by Crippen LogP contribution is -2.36. The van der Waals surface area contributed by atoms with Crippen LogP contribution in [0.1, 0.15) is 59.9 Å². The zero-order valence-electron chi connectivity index (χ0n) is 13.4. The molecule has 0 saturated carbocycles. The molecule has 6 nitrogen and oxygen atoms in total. The van der Waals surface area contributed by atoms with Crippen molar-refractivity contribution < 1.29 is 9.32 Å². The Bertz CT molecular complexity index is 654. The van der Waals surface area contributed by atoms with Crippen LogP contribution in [0.3, 0.4) is 0 Å². The molecule has 0 saturated heterocycles. The molecule has 0 aliphatic carbocycles. The summed E-state index contributed by atoms with van der Waals surface area (Å²) in [5.74, 6) is 1.58. The lowest BCUT2D eigenvalue weighted by molar-refractivity contribution is 0.0662. The fraction of sp³-hybridized carbons (Fsp3) is 0.562. The van der Waals surface area contributed by atoms with Crippen molar-refractivity contribution in [1.29, 1.82) is 0 Å². The number of carbonyl (C=O) groups is 1. The van der Waals surface area contributed by atoms with Crippen LogP contribution < -0.4 is 0 Å². The Labute approximate surface area is 130 Å². The molecule has 118 valence electrons. The molecule has 0 spiro atoms. The Morgan fingerprint density at radius 1 is 1.41 bits per heavy atom. The number of imidazole rings is 1. The van der Waals surface area contributed by atoms with Crippen LogP contribution in [-0.2, 0) is 6.54 Å². The Morgan fingerprint density at radius 2 is 2.23 bits per heavy atom. The second kappa shape index (κ2) is 5.94. The predicted molar refractivity (Wildman–Crippen MR) is 81.5 cm³/mol. The first-order valence-electron chi connectivity index (χ1n) is 7.88. The first-order chi connectivity index (χ1) is 10.6. The van der Waals surface area contributed by atoms with Gasteiger partial charge in [0.25, 0.3) is 5.91 Å². The molecule has 1 aliphatic heterocycles. The molecule has 1 atom stereocenters. The van der Waals surface area contributed by atoms with E-state index in [-0.39, 0.29) is 11.9 Å². The summed E-state index contributed by atoms with van der Waals surface area (Å²) in [6.07, 6.45) is 6.66. The molecule has 1 amide bonds. The van der Waals surface area contributed by atoms with E-state index in [1.807, 2.05) is 24.2 Å². The molecule has 0 bridgehead atoms. The van der Waals surface area contributed by atoms with E-state index >= 15 is 0 Å². The summed E-state index contributed by atoms with van der Waals surface area (Å²) in [6, 6.07) is 0.0173. The van der Waals surface area contributed by atoms with E-state index < -0.39 is 0 Å². The van der Waals surface area contributed by atoms with Crippen LogP contribution in [0.5, 0.6) is 0 Å². The summed E-state index contributed by atoms with van der Waals surface area (Å²) in [6.45, 7) is 7.38. The third kappa shape index (κ3) is 2.42. The summed E-state index contributed by atoms with van der Waals surface area (Å²) in [5.41, 5.74) is 1.26. The minimum atomic E-state index is 0.00569. The van der Waals surface area contributed by atoms with Gasteiger partial charge in [-0.15, -0.1) is 0 Å². The number of aromatic nitrogens is 3. The zero-order chi connectivity index (χ0) is 15.7. The van der Waals surface area contributed by atoms with Crippen LogP contribution in [0.15, 0.2) is 16.9 Å². The van der Waals surface area contributed by atoms with Crippen molar-refractivity contribution in [3.8, 4) is 0 Å². The maximum atomic E-state index is 13.1. The number of amides is 1. The van der Waals surface area contributed by atoms with Gasteiger partial charge in [0, 0.05) is 25.5 Å². The van der Waals surface area contributed by atoms with Crippen LogP contribution in [0.4, 0.5) is 0 Å². The van der Waals surface area contributed by atoms with Gasteiger partial charge in [-0.25, -0.2) is 4.98 Å². The lowest BCUT2D eigenvalue weighted by atomic mass is 10.1. The summed E-state index contributed by atoms with van der Waals surface area (Å²) in [5, 5.41) is 3.92. The van der Waals surface area contributed by atoms with Crippen molar-refractivity contribution in [2.24, 2.45) is 0 Å². The highest BCUT2D eigenvalue weighted by Crippen LogP contribution is 2.30. The van der Waals surface area contributed by atoms with Gasteiger partial charge in [0.1, 0.15) is 17.1 Å². The zero-order valence-corrected chi connectivity index (χ0v) is 13.4. The highest BCUT2D eigenvalue weighted by Gasteiger charge is 2.33. The molecule has 0 radical (unpaired) electrons. The van der Waals surface area contributed by atoms with E-state index in [1.165, 1.54) is 0 Å². The van der Waals surface area contributed by atoms with Gasteiger partial charge in [0.15, 0.2) is 0 Å². The van der Waals surface area contributed by atoms with Crippen molar-refractivity contribution in [2.45, 2.75) is 52.6 Å². The minimum Gasteiger partial charge on any atom is -0.361 e. The van der Waals surface area contributed by atoms with E-state index in [0.29, 0.717) is 17.0 Å². The lowest BCUT2D eigenvalue weighted by Gasteiger charge is -2.29. The first-order valence-corrected chi connectivity index (χ1v) is 7.88. The van der Waals surface area contributed by atoms with Crippen LogP contribution in [-0.4, -0.2) is 32.1 Å². The molecule has 3 rings (SSSR count). The standard InChI is InChI=1S/C16H22N4O2/c1-4-6-13-15-17-7-10-19(15)8-5-9-20(13)16(21)14-11(2)18-22-12(14)3/h7,10,13H,4-6,8-9H2,1-3H3. The molecular weight excluding hydrogens is 280 g/mol. The smallest absolute Gasteiger partial charge is 0.259 e. The van der Waals surface area contributed by atoms with Gasteiger partial charge in [0.05, 0.1) is 11.7 Å². The normalized spacial score (nSPS) is 18.1. The third-order valence-electron chi connectivity index (χ3n) is 4.29. The maximum absolute atomic E-state index is 13.1. The first kappa shape index (κ1) is 14.8. The number of nitrogens with zero attached hydrogens (tertiary/aromatic N) is 4. The molecule has 1 aliphatic rings. The monoisotopic (exact) mass is 302 g/mol. The molecule has 0 aromatic carbocycles. The van der Waals surface area contributed by atoms with Crippen LogP contribution in [0.2, 0.25) is 0 Å². The largest absolute Gasteiger partial charge is 0.361 e. The quantitative estimate of drug-likeness (QED) is 0.874. The van der Waals surface area contributed by atoms with Gasteiger partial charge in [-0.3, -0.25) is 4.79 Å². The number of hydrogen-bond acceptors (Lipinski definition) is 4. The molecule has 6 heteroatoms. The summed E-state index contributed by atoms with van der Waals surface area (Å²) < 4.78 is 7.34. The second-order valence-corrected chi connectivity index (χ2v) is 5.83. The van der Waals surface area contributed by atoms with Gasteiger partial charge in [-0.05, 0) is 26.7 Å². The summed E-state index contributed by atoms with van der Waals surface area (Å²) in [4.78, 5) is 19.5. The van der Waals surface area contributed by atoms with E-state index in [0.717, 1.165) is 38.2 Å². The molecular formula is C16H22N4O2. The molecule has 3 heterocycles. The van der Waals surface area contributed by atoms with E-state index in [1.54, 1.807) is 6.92 Å². The molecule has 0 fully saturated rings. The summed E-state index contributed by atoms with van der Waals surface area (Å²) >= 11 is 0. The maximum Gasteiger partial charge on any atom is 0.259 e. The fourth-order valence-electron chi connectivity index (χ4n) is 3.25. The number of fused-ring (bicyclic) bond motifs is 1. The van der Waals surface area contributed by atoms with Crippen molar-refractivity contribution in [2.75, 3.05) is 6.54 Å². The molecule has 0 N–H and O–H groups in total. The van der Waals surface area contributed by atoms with Crippen LogP contribution >= 0.6 is 0 Å². The average molecular weight is 302 g/mol. The molecule has 2 aromatic rings. The van der Waals surface area contributed by atoms with Gasteiger partial charge < -0.3 is 14.0 Å².